The molecule has 2 atom stereocenters. The summed E-state index contributed by atoms with van der Waals surface area (Å²) in [5, 5.41) is 0. The zero-order valence-electron chi connectivity index (χ0n) is 9.10. The highest BCUT2D eigenvalue weighted by molar-refractivity contribution is 6.00. The molecule has 0 aliphatic heterocycles. The lowest BCUT2D eigenvalue weighted by molar-refractivity contribution is -0.121. The first-order valence-corrected chi connectivity index (χ1v) is 5.53. The molecule has 2 aliphatic rings. The van der Waals surface area contributed by atoms with E-state index in [1.54, 1.807) is 0 Å². The first-order chi connectivity index (χ1) is 6.63. The maximum atomic E-state index is 12.0. The summed E-state index contributed by atoms with van der Waals surface area (Å²) >= 11 is 0. The fourth-order valence-electron chi connectivity index (χ4n) is 2.84. The molecule has 2 rings (SSSR count). The zero-order valence-corrected chi connectivity index (χ0v) is 9.10. The molecule has 1 saturated carbocycles. The van der Waals surface area contributed by atoms with Crippen molar-refractivity contribution < 1.29 is 4.79 Å². The Morgan fingerprint density at radius 3 is 2.29 bits per heavy atom. The quantitative estimate of drug-likeness (QED) is 0.573. The molecule has 0 aromatic carbocycles. The highest BCUT2D eigenvalue weighted by Crippen LogP contribution is 2.43. The van der Waals surface area contributed by atoms with Gasteiger partial charge >= 0.3 is 0 Å². The normalized spacial score (nSPS) is 33.3. The van der Waals surface area contributed by atoms with Gasteiger partial charge in [0.2, 0.25) is 0 Å². The van der Waals surface area contributed by atoms with Gasteiger partial charge in [-0.1, -0.05) is 19.4 Å². The number of ketones is 1. The summed E-state index contributed by atoms with van der Waals surface area (Å²) in [7, 11) is 0. The van der Waals surface area contributed by atoms with Gasteiger partial charge in [0.25, 0.3) is 0 Å². The minimum atomic E-state index is 0.264. The molecule has 0 radical (unpaired) electrons. The van der Waals surface area contributed by atoms with E-state index >= 15 is 0 Å². The van der Waals surface area contributed by atoms with Gasteiger partial charge in [-0.3, -0.25) is 4.79 Å². The summed E-state index contributed by atoms with van der Waals surface area (Å²) in [6.07, 6.45) is 4.72. The van der Waals surface area contributed by atoms with Crippen molar-refractivity contribution >= 4 is 5.78 Å². The van der Waals surface area contributed by atoms with Crippen molar-refractivity contribution in [3.8, 4) is 0 Å². The van der Waals surface area contributed by atoms with Crippen molar-refractivity contribution in [1.29, 1.82) is 0 Å². The van der Waals surface area contributed by atoms with E-state index in [4.69, 9.17) is 0 Å². The molecule has 0 N–H and O–H groups in total. The van der Waals surface area contributed by atoms with Gasteiger partial charge in [0.1, 0.15) is 0 Å². The van der Waals surface area contributed by atoms with Crippen LogP contribution in [-0.2, 0) is 4.79 Å². The zero-order chi connectivity index (χ0) is 10.3. The monoisotopic (exact) mass is 190 g/mol. The number of carbonyl (C=O) groups is 1. The summed E-state index contributed by atoms with van der Waals surface area (Å²) in [5.74, 6) is 1.11. The van der Waals surface area contributed by atoms with E-state index in [1.807, 2.05) is 13.8 Å². The minimum Gasteiger partial charge on any atom is -0.294 e. The standard InChI is InChI=1S/C13H18O/c1-8-9(2)11-6-4-5-7-12(11)13(14)10(8)3/h11-12H,2,4-7H2,1,3H3. The number of allylic oxidation sites excluding steroid dienone is 3. The molecule has 2 aliphatic carbocycles. The van der Waals surface area contributed by atoms with Crippen LogP contribution in [0.3, 0.4) is 0 Å². The van der Waals surface area contributed by atoms with Gasteiger partial charge in [-0.15, -0.1) is 0 Å². The molecule has 0 amide bonds. The molecule has 14 heavy (non-hydrogen) atoms. The average molecular weight is 190 g/mol. The van der Waals surface area contributed by atoms with Gasteiger partial charge < -0.3 is 0 Å². The third kappa shape index (κ3) is 1.26. The molecule has 76 valence electrons. The topological polar surface area (TPSA) is 17.1 Å². The van der Waals surface area contributed by atoms with Crippen LogP contribution in [0.2, 0.25) is 0 Å². The van der Waals surface area contributed by atoms with Crippen LogP contribution in [0.5, 0.6) is 0 Å². The molecule has 1 fully saturated rings. The van der Waals surface area contributed by atoms with Crippen LogP contribution in [-0.4, -0.2) is 5.78 Å². The fourth-order valence-corrected chi connectivity index (χ4v) is 2.84. The predicted octanol–water partition coefficient (Wildman–Crippen LogP) is 3.27. The summed E-state index contributed by atoms with van der Waals surface area (Å²) in [4.78, 5) is 12.0. The number of fused-ring (bicyclic) bond motifs is 1. The fraction of sp³-hybridized carbons (Fsp3) is 0.615. The van der Waals surface area contributed by atoms with Crippen molar-refractivity contribution in [3.05, 3.63) is 23.3 Å². The highest BCUT2D eigenvalue weighted by atomic mass is 16.1. The third-order valence-corrected chi connectivity index (χ3v) is 3.96. The largest absolute Gasteiger partial charge is 0.294 e. The number of Topliss-reactive ketones (excluding diaryl/α,β-unsaturated/α-hetero) is 1. The van der Waals surface area contributed by atoms with E-state index in [1.165, 1.54) is 24.8 Å². The van der Waals surface area contributed by atoms with Crippen molar-refractivity contribution in [1.82, 2.24) is 0 Å². The Kier molecular flexibility index (Phi) is 2.34. The maximum absolute atomic E-state index is 12.0. The van der Waals surface area contributed by atoms with Crippen LogP contribution in [0.4, 0.5) is 0 Å². The second-order valence-corrected chi connectivity index (χ2v) is 4.64. The molecule has 0 aromatic heterocycles. The van der Waals surface area contributed by atoms with E-state index in [0.717, 1.165) is 17.6 Å². The summed E-state index contributed by atoms with van der Waals surface area (Å²) < 4.78 is 0. The molecule has 1 nitrogen and oxygen atoms in total. The number of hydrogen-bond donors (Lipinski definition) is 0. The first kappa shape index (κ1) is 9.70. The molecule has 0 spiro atoms. The van der Waals surface area contributed by atoms with Crippen LogP contribution in [0.15, 0.2) is 23.3 Å². The van der Waals surface area contributed by atoms with E-state index in [2.05, 4.69) is 6.58 Å². The number of hydrogen-bond acceptors (Lipinski definition) is 1. The van der Waals surface area contributed by atoms with Crippen LogP contribution in [0.1, 0.15) is 39.5 Å². The van der Waals surface area contributed by atoms with Crippen LogP contribution in [0, 0.1) is 11.8 Å². The Labute approximate surface area is 85.9 Å². The second-order valence-electron chi connectivity index (χ2n) is 4.64. The van der Waals surface area contributed by atoms with Crippen molar-refractivity contribution in [2.75, 3.05) is 0 Å². The van der Waals surface area contributed by atoms with Crippen LogP contribution < -0.4 is 0 Å². The van der Waals surface area contributed by atoms with Gasteiger partial charge in [0.15, 0.2) is 5.78 Å². The van der Waals surface area contributed by atoms with Gasteiger partial charge in [0.05, 0.1) is 0 Å². The molecule has 2 unspecified atom stereocenters. The molecule has 0 saturated heterocycles. The second kappa shape index (κ2) is 3.38. The third-order valence-electron chi connectivity index (χ3n) is 3.96. The molecule has 1 heteroatoms. The van der Waals surface area contributed by atoms with Crippen molar-refractivity contribution in [2.24, 2.45) is 11.8 Å². The van der Waals surface area contributed by atoms with E-state index in [0.29, 0.717) is 11.7 Å². The van der Waals surface area contributed by atoms with Crippen LogP contribution in [0.25, 0.3) is 0 Å². The lowest BCUT2D eigenvalue weighted by Gasteiger charge is -2.37. The van der Waals surface area contributed by atoms with Gasteiger partial charge in [-0.2, -0.15) is 0 Å². The van der Waals surface area contributed by atoms with Gasteiger partial charge in [-0.25, -0.2) is 0 Å². The average Bonchev–Trinajstić information content (AvgIpc) is 2.23. The summed E-state index contributed by atoms with van der Waals surface area (Å²) in [6.45, 7) is 8.15. The van der Waals surface area contributed by atoms with Gasteiger partial charge in [0, 0.05) is 5.92 Å². The Morgan fingerprint density at radius 1 is 1.07 bits per heavy atom. The van der Waals surface area contributed by atoms with E-state index in [-0.39, 0.29) is 5.92 Å². The van der Waals surface area contributed by atoms with Crippen molar-refractivity contribution in [2.45, 2.75) is 39.5 Å². The van der Waals surface area contributed by atoms with E-state index < -0.39 is 0 Å². The predicted molar refractivity (Wildman–Crippen MR) is 58.0 cm³/mol. The lowest BCUT2D eigenvalue weighted by atomic mass is 9.66. The number of rotatable bonds is 0. The van der Waals surface area contributed by atoms with Crippen LogP contribution >= 0.6 is 0 Å². The van der Waals surface area contributed by atoms with Crippen molar-refractivity contribution in [3.63, 3.8) is 0 Å². The Balaban J connectivity index is 2.40. The number of carbonyl (C=O) groups excluding carboxylic acids is 1. The molecule has 0 heterocycles. The summed E-state index contributed by atoms with van der Waals surface area (Å²) in [6, 6.07) is 0. The SMILES string of the molecule is C=C1C(C)=C(C)C(=O)C2CCCCC12. The Bertz CT molecular complexity index is 290. The summed E-state index contributed by atoms with van der Waals surface area (Å²) in [5.41, 5.74) is 3.34. The van der Waals surface area contributed by atoms with Gasteiger partial charge in [-0.05, 0) is 49.3 Å². The maximum Gasteiger partial charge on any atom is 0.162 e. The highest BCUT2D eigenvalue weighted by Gasteiger charge is 2.37. The smallest absolute Gasteiger partial charge is 0.162 e. The Morgan fingerprint density at radius 2 is 1.64 bits per heavy atom. The lowest BCUT2D eigenvalue weighted by Crippen LogP contribution is -2.33. The molecular formula is C13H18O. The first-order valence-electron chi connectivity index (χ1n) is 5.53. The minimum absolute atomic E-state index is 0.264. The van der Waals surface area contributed by atoms with E-state index in [9.17, 15) is 4.79 Å². The molecule has 0 bridgehead atoms. The molecule has 0 aromatic rings. The molecular weight excluding hydrogens is 172 g/mol. The Hall–Kier alpha value is -0.850.